The largest absolute Gasteiger partial charge is 0.423 e. The molecule has 5 nitrogen and oxygen atoms in total. The van der Waals surface area contributed by atoms with Crippen LogP contribution < -0.4 is 4.74 Å². The van der Waals surface area contributed by atoms with Crippen LogP contribution in [-0.4, -0.2) is 20.7 Å². The van der Waals surface area contributed by atoms with Gasteiger partial charge in [-0.2, -0.15) is 5.10 Å². The van der Waals surface area contributed by atoms with Crippen molar-refractivity contribution in [2.75, 3.05) is 0 Å². The zero-order chi connectivity index (χ0) is 17.1. The van der Waals surface area contributed by atoms with E-state index < -0.39 is 5.97 Å². The molecule has 0 spiro atoms. The lowest BCUT2D eigenvalue weighted by Crippen LogP contribution is -2.12. The second-order valence-electron chi connectivity index (χ2n) is 5.83. The van der Waals surface area contributed by atoms with Crippen LogP contribution in [0.1, 0.15) is 41.4 Å². The molecule has 0 bridgehead atoms. The maximum Gasteiger partial charge on any atom is 0.347 e. The van der Waals surface area contributed by atoms with Gasteiger partial charge >= 0.3 is 5.97 Å². The van der Waals surface area contributed by atoms with Gasteiger partial charge in [0.15, 0.2) is 5.82 Å². The molecule has 0 aliphatic heterocycles. The number of para-hydroxylation sites is 1. The fourth-order valence-electron chi connectivity index (χ4n) is 2.53. The zero-order valence-corrected chi connectivity index (χ0v) is 13.9. The van der Waals surface area contributed by atoms with Crippen molar-refractivity contribution in [1.29, 1.82) is 0 Å². The molecule has 24 heavy (non-hydrogen) atoms. The van der Waals surface area contributed by atoms with Crippen LogP contribution in [0.15, 0.2) is 54.9 Å². The van der Waals surface area contributed by atoms with Crippen molar-refractivity contribution in [3.63, 3.8) is 0 Å². The highest BCUT2D eigenvalue weighted by Gasteiger charge is 2.19. The minimum atomic E-state index is -0.414. The maximum absolute atomic E-state index is 12.6. The first-order chi connectivity index (χ1) is 11.6. The Morgan fingerprint density at radius 3 is 2.58 bits per heavy atom. The van der Waals surface area contributed by atoms with Crippen molar-refractivity contribution < 1.29 is 9.53 Å². The van der Waals surface area contributed by atoms with E-state index in [0.29, 0.717) is 22.8 Å². The van der Waals surface area contributed by atoms with Crippen LogP contribution in [-0.2, 0) is 0 Å². The summed E-state index contributed by atoms with van der Waals surface area (Å²) in [5, 5.41) is 4.26. The monoisotopic (exact) mass is 321 g/mol. The molecule has 0 fully saturated rings. The molecule has 122 valence electrons. The van der Waals surface area contributed by atoms with Crippen molar-refractivity contribution in [2.45, 2.75) is 26.7 Å². The summed E-state index contributed by atoms with van der Waals surface area (Å²) in [5.41, 5.74) is 2.13. The van der Waals surface area contributed by atoms with Gasteiger partial charge in [0.25, 0.3) is 0 Å². The van der Waals surface area contributed by atoms with Crippen molar-refractivity contribution in [3.05, 3.63) is 71.7 Å². The van der Waals surface area contributed by atoms with Crippen LogP contribution in [0, 0.1) is 6.92 Å². The Hall–Kier alpha value is -2.95. The second-order valence-corrected chi connectivity index (χ2v) is 5.83. The first-order valence-corrected chi connectivity index (χ1v) is 7.85. The fourth-order valence-corrected chi connectivity index (χ4v) is 2.53. The Balaban J connectivity index is 1.89. The Morgan fingerprint density at radius 1 is 1.12 bits per heavy atom. The highest BCUT2D eigenvalue weighted by molar-refractivity contribution is 5.92. The van der Waals surface area contributed by atoms with Crippen molar-refractivity contribution in [3.8, 4) is 11.6 Å². The zero-order valence-electron chi connectivity index (χ0n) is 13.9. The van der Waals surface area contributed by atoms with E-state index in [1.807, 2.05) is 49.4 Å². The number of benzene rings is 1. The second kappa shape index (κ2) is 6.66. The van der Waals surface area contributed by atoms with E-state index in [0.717, 1.165) is 5.56 Å². The summed E-state index contributed by atoms with van der Waals surface area (Å²) < 4.78 is 7.24. The summed E-state index contributed by atoms with van der Waals surface area (Å²) in [7, 11) is 0. The Bertz CT molecular complexity index is 854. The lowest BCUT2D eigenvalue weighted by Gasteiger charge is -2.12. The smallest absolute Gasteiger partial charge is 0.347 e. The highest BCUT2D eigenvalue weighted by atomic mass is 16.5. The molecule has 1 aromatic carbocycles. The number of carbonyl (C=O) groups excluding carboxylic acids is 1. The Labute approximate surface area is 140 Å². The number of carbonyl (C=O) groups is 1. The summed E-state index contributed by atoms with van der Waals surface area (Å²) in [4.78, 5) is 16.8. The van der Waals surface area contributed by atoms with Crippen molar-refractivity contribution in [1.82, 2.24) is 14.8 Å². The molecule has 0 radical (unpaired) electrons. The molecular weight excluding hydrogens is 302 g/mol. The van der Waals surface area contributed by atoms with Gasteiger partial charge in [-0.05, 0) is 36.6 Å². The van der Waals surface area contributed by atoms with Crippen LogP contribution in [0.4, 0.5) is 0 Å². The highest BCUT2D eigenvalue weighted by Crippen LogP contribution is 2.27. The molecule has 2 heterocycles. The van der Waals surface area contributed by atoms with Crippen LogP contribution in [0.2, 0.25) is 0 Å². The van der Waals surface area contributed by atoms with Gasteiger partial charge in [0.1, 0.15) is 11.3 Å². The quantitative estimate of drug-likeness (QED) is 0.540. The molecule has 5 heteroatoms. The van der Waals surface area contributed by atoms with Crippen LogP contribution in [0.5, 0.6) is 5.75 Å². The van der Waals surface area contributed by atoms with Crippen LogP contribution in [0.3, 0.4) is 0 Å². The lowest BCUT2D eigenvalue weighted by molar-refractivity contribution is 0.0732. The van der Waals surface area contributed by atoms with Gasteiger partial charge in [0.2, 0.25) is 0 Å². The van der Waals surface area contributed by atoms with Gasteiger partial charge in [-0.15, -0.1) is 0 Å². The van der Waals surface area contributed by atoms with E-state index in [1.54, 1.807) is 10.9 Å². The van der Waals surface area contributed by atoms with E-state index in [1.165, 1.54) is 6.20 Å². The maximum atomic E-state index is 12.6. The first-order valence-electron chi connectivity index (χ1n) is 7.85. The minimum absolute atomic E-state index is 0.270. The number of hydrogen-bond donors (Lipinski definition) is 0. The normalized spacial score (nSPS) is 10.8. The van der Waals surface area contributed by atoms with Gasteiger partial charge in [0, 0.05) is 6.20 Å². The standard InChI is InChI=1S/C19H19N3O2/c1-13(2)15-8-4-5-9-17(15)24-19(23)16-12-21-22(14(16)3)18-10-6-7-11-20-18/h4-13H,1-3H3. The number of pyridine rings is 1. The average Bonchev–Trinajstić information content (AvgIpc) is 2.97. The van der Waals surface area contributed by atoms with Crippen molar-refractivity contribution >= 4 is 5.97 Å². The Morgan fingerprint density at radius 2 is 1.88 bits per heavy atom. The van der Waals surface area contributed by atoms with E-state index in [2.05, 4.69) is 23.9 Å². The predicted octanol–water partition coefficient (Wildman–Crippen LogP) is 3.92. The van der Waals surface area contributed by atoms with E-state index in [9.17, 15) is 4.79 Å². The molecule has 0 N–H and O–H groups in total. The number of nitrogens with zero attached hydrogens (tertiary/aromatic N) is 3. The molecule has 0 saturated carbocycles. The summed E-state index contributed by atoms with van der Waals surface area (Å²) in [5.74, 6) is 1.10. The summed E-state index contributed by atoms with van der Waals surface area (Å²) in [6.07, 6.45) is 3.21. The van der Waals surface area contributed by atoms with Gasteiger partial charge in [0.05, 0.1) is 11.9 Å². The third kappa shape index (κ3) is 3.06. The van der Waals surface area contributed by atoms with Crippen LogP contribution in [0.25, 0.3) is 5.82 Å². The summed E-state index contributed by atoms with van der Waals surface area (Å²) in [6, 6.07) is 13.1. The van der Waals surface area contributed by atoms with Gasteiger partial charge in [-0.1, -0.05) is 38.1 Å². The number of esters is 1. The van der Waals surface area contributed by atoms with Gasteiger partial charge in [-0.3, -0.25) is 0 Å². The predicted molar refractivity (Wildman–Crippen MR) is 91.6 cm³/mol. The average molecular weight is 321 g/mol. The number of hydrogen-bond acceptors (Lipinski definition) is 4. The van der Waals surface area contributed by atoms with Gasteiger partial charge in [-0.25, -0.2) is 14.5 Å². The summed E-state index contributed by atoms with van der Waals surface area (Å²) in [6.45, 7) is 5.96. The molecule has 0 amide bonds. The molecule has 3 aromatic rings. The van der Waals surface area contributed by atoms with Crippen LogP contribution >= 0.6 is 0 Å². The summed E-state index contributed by atoms with van der Waals surface area (Å²) >= 11 is 0. The van der Waals surface area contributed by atoms with E-state index in [-0.39, 0.29) is 5.92 Å². The minimum Gasteiger partial charge on any atom is -0.423 e. The molecule has 2 aromatic heterocycles. The molecular formula is C19H19N3O2. The van der Waals surface area contributed by atoms with Gasteiger partial charge < -0.3 is 4.74 Å². The number of rotatable bonds is 4. The van der Waals surface area contributed by atoms with Crippen molar-refractivity contribution in [2.24, 2.45) is 0 Å². The molecule has 3 rings (SSSR count). The molecule has 0 aliphatic rings. The van der Waals surface area contributed by atoms with E-state index >= 15 is 0 Å². The number of ether oxygens (including phenoxy) is 1. The molecule has 0 aliphatic carbocycles. The molecule has 0 atom stereocenters. The molecule has 0 saturated heterocycles. The van der Waals surface area contributed by atoms with E-state index in [4.69, 9.17) is 4.74 Å². The fraction of sp³-hybridized carbons (Fsp3) is 0.211. The molecule has 0 unspecified atom stereocenters. The lowest BCUT2D eigenvalue weighted by atomic mass is 10.0. The SMILES string of the molecule is Cc1c(C(=O)Oc2ccccc2C(C)C)cnn1-c1ccccn1. The first kappa shape index (κ1) is 15.9. The Kier molecular flexibility index (Phi) is 4.42. The third-order valence-electron chi connectivity index (χ3n) is 3.84. The third-order valence-corrected chi connectivity index (χ3v) is 3.84. The number of aromatic nitrogens is 3. The topological polar surface area (TPSA) is 57.0 Å².